The largest absolute Gasteiger partial charge is 0.495 e. The lowest BCUT2D eigenvalue weighted by molar-refractivity contribution is -0.125. The smallest absolute Gasteiger partial charge is 0.246 e. The van der Waals surface area contributed by atoms with E-state index in [1.807, 2.05) is 61.5 Å². The molecule has 3 aromatic rings. The van der Waals surface area contributed by atoms with Gasteiger partial charge >= 0.3 is 0 Å². The fourth-order valence-electron chi connectivity index (χ4n) is 3.14. The first-order chi connectivity index (χ1) is 13.5. The Bertz CT molecular complexity index is 1010. The molecule has 0 aliphatic carbocycles. The van der Waals surface area contributed by atoms with E-state index in [0.29, 0.717) is 11.4 Å². The van der Waals surface area contributed by atoms with Crippen LogP contribution in [0, 0.1) is 6.92 Å². The van der Waals surface area contributed by atoms with Gasteiger partial charge in [0.1, 0.15) is 11.8 Å². The van der Waals surface area contributed by atoms with Gasteiger partial charge in [0.25, 0.3) is 0 Å². The Labute approximate surface area is 164 Å². The molecule has 2 amide bonds. The Morgan fingerprint density at radius 3 is 2.57 bits per heavy atom. The molecular formula is C23H24N2O3. The van der Waals surface area contributed by atoms with Crippen molar-refractivity contribution >= 4 is 28.3 Å². The zero-order chi connectivity index (χ0) is 20.1. The fraction of sp³-hybridized carbons (Fsp3) is 0.217. The van der Waals surface area contributed by atoms with Gasteiger partial charge in [0.05, 0.1) is 19.2 Å². The zero-order valence-electron chi connectivity index (χ0n) is 16.3. The van der Waals surface area contributed by atoms with Crippen LogP contribution in [0.15, 0.2) is 60.7 Å². The predicted octanol–water partition coefficient (Wildman–Crippen LogP) is 3.84. The number of rotatable bonds is 6. The highest BCUT2D eigenvalue weighted by Gasteiger charge is 2.18. The number of aryl methyl sites for hydroxylation is 1. The lowest BCUT2D eigenvalue weighted by atomic mass is 10.0. The molecule has 28 heavy (non-hydrogen) atoms. The zero-order valence-corrected chi connectivity index (χ0v) is 16.3. The predicted molar refractivity (Wildman–Crippen MR) is 112 cm³/mol. The number of nitrogens with one attached hydrogen (secondary N) is 2. The van der Waals surface area contributed by atoms with Gasteiger partial charge in [-0.3, -0.25) is 9.59 Å². The van der Waals surface area contributed by atoms with Crippen molar-refractivity contribution in [2.24, 2.45) is 0 Å². The highest BCUT2D eigenvalue weighted by Crippen LogP contribution is 2.25. The fourth-order valence-corrected chi connectivity index (χ4v) is 3.14. The third-order valence-corrected chi connectivity index (χ3v) is 4.61. The van der Waals surface area contributed by atoms with Crippen molar-refractivity contribution in [3.8, 4) is 5.75 Å². The van der Waals surface area contributed by atoms with E-state index in [0.717, 1.165) is 21.9 Å². The highest BCUT2D eigenvalue weighted by molar-refractivity contribution is 5.98. The van der Waals surface area contributed by atoms with Gasteiger partial charge in [0.2, 0.25) is 11.8 Å². The van der Waals surface area contributed by atoms with Gasteiger partial charge in [-0.25, -0.2) is 0 Å². The molecule has 1 atom stereocenters. The number of hydrogen-bond acceptors (Lipinski definition) is 3. The molecule has 0 aromatic heterocycles. The summed E-state index contributed by atoms with van der Waals surface area (Å²) in [6, 6.07) is 18.7. The van der Waals surface area contributed by atoms with Crippen molar-refractivity contribution < 1.29 is 14.3 Å². The van der Waals surface area contributed by atoms with Crippen LogP contribution < -0.4 is 15.4 Å². The molecule has 1 unspecified atom stereocenters. The van der Waals surface area contributed by atoms with E-state index in [9.17, 15) is 9.59 Å². The van der Waals surface area contributed by atoms with E-state index in [1.165, 1.54) is 0 Å². The molecule has 5 heteroatoms. The van der Waals surface area contributed by atoms with Gasteiger partial charge in [-0.1, -0.05) is 48.5 Å². The summed E-state index contributed by atoms with van der Waals surface area (Å²) in [6.45, 7) is 3.60. The van der Waals surface area contributed by atoms with Crippen molar-refractivity contribution in [2.75, 3.05) is 12.4 Å². The van der Waals surface area contributed by atoms with Crippen molar-refractivity contribution in [1.82, 2.24) is 5.32 Å². The topological polar surface area (TPSA) is 67.4 Å². The summed E-state index contributed by atoms with van der Waals surface area (Å²) in [5.41, 5.74) is 2.52. The first-order valence-electron chi connectivity index (χ1n) is 9.19. The van der Waals surface area contributed by atoms with Gasteiger partial charge in [0.15, 0.2) is 0 Å². The number of anilines is 1. The molecule has 0 heterocycles. The minimum absolute atomic E-state index is 0.199. The SMILES string of the molecule is COc1ccc(C)cc1NC(=O)C(C)NC(=O)Cc1cccc2ccccc12. The third-order valence-electron chi connectivity index (χ3n) is 4.61. The molecule has 3 aromatic carbocycles. The molecule has 0 aliphatic rings. The molecule has 0 aliphatic heterocycles. The summed E-state index contributed by atoms with van der Waals surface area (Å²) < 4.78 is 5.28. The molecule has 0 bridgehead atoms. The monoisotopic (exact) mass is 376 g/mol. The number of methoxy groups -OCH3 is 1. The van der Waals surface area contributed by atoms with E-state index in [-0.39, 0.29) is 18.2 Å². The summed E-state index contributed by atoms with van der Waals surface area (Å²) in [6.07, 6.45) is 0.215. The number of benzene rings is 3. The summed E-state index contributed by atoms with van der Waals surface area (Å²) >= 11 is 0. The molecular weight excluding hydrogens is 352 g/mol. The van der Waals surface area contributed by atoms with Crippen LogP contribution in [0.1, 0.15) is 18.1 Å². The highest BCUT2D eigenvalue weighted by atomic mass is 16.5. The van der Waals surface area contributed by atoms with Gasteiger partial charge < -0.3 is 15.4 Å². The molecule has 0 saturated heterocycles. The van der Waals surface area contributed by atoms with Gasteiger partial charge in [-0.2, -0.15) is 0 Å². The van der Waals surface area contributed by atoms with Crippen LogP contribution in [0.25, 0.3) is 10.8 Å². The van der Waals surface area contributed by atoms with E-state index in [1.54, 1.807) is 20.1 Å². The van der Waals surface area contributed by atoms with Crippen LogP contribution >= 0.6 is 0 Å². The maximum atomic E-state index is 12.5. The second kappa shape index (κ2) is 8.57. The molecule has 2 N–H and O–H groups in total. The average molecular weight is 376 g/mol. The minimum atomic E-state index is -0.673. The van der Waals surface area contributed by atoms with Crippen molar-refractivity contribution in [3.63, 3.8) is 0 Å². The number of hydrogen-bond donors (Lipinski definition) is 2. The molecule has 144 valence electrons. The number of ether oxygens (including phenoxy) is 1. The summed E-state index contributed by atoms with van der Waals surface area (Å²) in [4.78, 5) is 25.0. The molecule has 0 saturated carbocycles. The third kappa shape index (κ3) is 4.49. The van der Waals surface area contributed by atoms with Gasteiger partial charge in [0, 0.05) is 0 Å². The van der Waals surface area contributed by atoms with E-state index >= 15 is 0 Å². The van der Waals surface area contributed by atoms with Crippen molar-refractivity contribution in [3.05, 3.63) is 71.8 Å². The molecule has 0 spiro atoms. The van der Waals surface area contributed by atoms with Crippen LogP contribution in [0.4, 0.5) is 5.69 Å². The molecule has 5 nitrogen and oxygen atoms in total. The van der Waals surface area contributed by atoms with Crippen LogP contribution in [-0.2, 0) is 16.0 Å². The van der Waals surface area contributed by atoms with E-state index in [2.05, 4.69) is 10.6 Å². The van der Waals surface area contributed by atoms with Gasteiger partial charge in [-0.15, -0.1) is 0 Å². The lowest BCUT2D eigenvalue weighted by Crippen LogP contribution is -2.42. The Kier molecular flexibility index (Phi) is 5.94. The van der Waals surface area contributed by atoms with E-state index in [4.69, 9.17) is 4.74 Å². The second-order valence-electron chi connectivity index (χ2n) is 6.80. The van der Waals surface area contributed by atoms with Crippen LogP contribution in [-0.4, -0.2) is 25.0 Å². The molecule has 0 fully saturated rings. The molecule has 3 rings (SSSR count). The minimum Gasteiger partial charge on any atom is -0.495 e. The average Bonchev–Trinajstić information content (AvgIpc) is 2.68. The van der Waals surface area contributed by atoms with Crippen LogP contribution in [0.5, 0.6) is 5.75 Å². The second-order valence-corrected chi connectivity index (χ2v) is 6.80. The van der Waals surface area contributed by atoms with Crippen LogP contribution in [0.3, 0.4) is 0 Å². The van der Waals surface area contributed by atoms with E-state index < -0.39 is 6.04 Å². The maximum absolute atomic E-state index is 12.5. The maximum Gasteiger partial charge on any atom is 0.246 e. The molecule has 0 radical (unpaired) electrons. The lowest BCUT2D eigenvalue weighted by Gasteiger charge is -2.16. The standard InChI is InChI=1S/C23H24N2O3/c1-15-11-12-21(28-3)20(13-15)25-23(27)16(2)24-22(26)14-18-9-6-8-17-7-4-5-10-19(17)18/h4-13,16H,14H2,1-3H3,(H,24,26)(H,25,27). The summed E-state index contributed by atoms with van der Waals surface area (Å²) in [5.74, 6) is 0.0820. The Hall–Kier alpha value is -3.34. The van der Waals surface area contributed by atoms with Gasteiger partial charge in [-0.05, 0) is 47.9 Å². The number of carbonyl (C=O) groups is 2. The Balaban J connectivity index is 1.65. The van der Waals surface area contributed by atoms with Crippen molar-refractivity contribution in [1.29, 1.82) is 0 Å². The summed E-state index contributed by atoms with van der Waals surface area (Å²) in [5, 5.41) is 7.73. The Morgan fingerprint density at radius 2 is 1.79 bits per heavy atom. The number of fused-ring (bicyclic) bond motifs is 1. The first-order valence-corrected chi connectivity index (χ1v) is 9.19. The first kappa shape index (κ1) is 19.4. The number of carbonyl (C=O) groups excluding carboxylic acids is 2. The Morgan fingerprint density at radius 1 is 1.04 bits per heavy atom. The van der Waals surface area contributed by atoms with Crippen LogP contribution in [0.2, 0.25) is 0 Å². The quantitative estimate of drug-likeness (QED) is 0.687. The summed E-state index contributed by atoms with van der Waals surface area (Å²) in [7, 11) is 1.55. The van der Waals surface area contributed by atoms with Crippen molar-refractivity contribution in [2.45, 2.75) is 26.3 Å². The normalized spacial score (nSPS) is 11.7. The number of amides is 2.